The molecule has 0 aliphatic carbocycles. The zero-order chi connectivity index (χ0) is 19.5. The molecule has 2 heterocycles. The highest BCUT2D eigenvalue weighted by Crippen LogP contribution is 2.38. The highest BCUT2D eigenvalue weighted by molar-refractivity contribution is 7.10. The number of fused-ring (bicyclic) bond motifs is 1. The van der Waals surface area contributed by atoms with Gasteiger partial charge in [0.25, 0.3) is 5.91 Å². The largest absolute Gasteiger partial charge is 0.484 e. The van der Waals surface area contributed by atoms with Gasteiger partial charge in [0.15, 0.2) is 6.61 Å². The molecule has 2 amide bonds. The van der Waals surface area contributed by atoms with Crippen LogP contribution in [0.1, 0.15) is 22.0 Å². The third-order valence-corrected chi connectivity index (χ3v) is 5.56. The summed E-state index contributed by atoms with van der Waals surface area (Å²) in [5, 5.41) is 4.91. The summed E-state index contributed by atoms with van der Waals surface area (Å²) in [6.07, 6.45) is 0. The van der Waals surface area contributed by atoms with Crippen LogP contribution in [0.15, 0.2) is 66.0 Å². The van der Waals surface area contributed by atoms with Crippen molar-refractivity contribution in [1.82, 2.24) is 4.90 Å². The number of carbonyl (C=O) groups excluding carboxylic acids is 2. The smallest absolute Gasteiger partial charge is 0.261 e. The number of ether oxygens (including phenoxy) is 1. The highest BCUT2D eigenvalue weighted by atomic mass is 32.1. The molecule has 1 aliphatic heterocycles. The predicted molar refractivity (Wildman–Crippen MR) is 110 cm³/mol. The number of anilines is 1. The van der Waals surface area contributed by atoms with Gasteiger partial charge < -0.3 is 15.0 Å². The highest BCUT2D eigenvalue weighted by Gasteiger charge is 2.34. The third kappa shape index (κ3) is 3.77. The van der Waals surface area contributed by atoms with Gasteiger partial charge in [-0.3, -0.25) is 9.59 Å². The van der Waals surface area contributed by atoms with E-state index in [1.54, 1.807) is 28.4 Å². The number of rotatable bonds is 4. The quantitative estimate of drug-likeness (QED) is 0.730. The fraction of sp³-hybridized carbons (Fsp3) is 0.182. The van der Waals surface area contributed by atoms with Crippen molar-refractivity contribution in [3.8, 4) is 5.75 Å². The van der Waals surface area contributed by atoms with Gasteiger partial charge in [0, 0.05) is 16.1 Å². The Kier molecular flexibility index (Phi) is 5.12. The molecule has 0 radical (unpaired) electrons. The van der Waals surface area contributed by atoms with Crippen LogP contribution in [0.25, 0.3) is 0 Å². The molecule has 1 aromatic heterocycles. The number of hydrogen-bond acceptors (Lipinski definition) is 4. The van der Waals surface area contributed by atoms with Crippen molar-refractivity contribution in [3.63, 3.8) is 0 Å². The Balaban J connectivity index is 1.69. The normalized spacial score (nSPS) is 16.1. The molecule has 5 nitrogen and oxygen atoms in total. The Bertz CT molecular complexity index is 986. The third-order valence-electron chi connectivity index (χ3n) is 4.64. The average molecular weight is 392 g/mol. The van der Waals surface area contributed by atoms with E-state index in [-0.39, 0.29) is 31.0 Å². The van der Waals surface area contributed by atoms with E-state index in [9.17, 15) is 9.59 Å². The van der Waals surface area contributed by atoms with Crippen LogP contribution in [0.2, 0.25) is 0 Å². The van der Waals surface area contributed by atoms with E-state index in [0.29, 0.717) is 5.75 Å². The lowest BCUT2D eigenvalue weighted by Gasteiger charge is -2.29. The van der Waals surface area contributed by atoms with Crippen molar-refractivity contribution in [2.24, 2.45) is 0 Å². The molecule has 3 aromatic rings. The molecule has 6 heteroatoms. The van der Waals surface area contributed by atoms with Crippen LogP contribution in [0, 0.1) is 6.92 Å². The van der Waals surface area contributed by atoms with Crippen LogP contribution < -0.4 is 10.1 Å². The zero-order valence-corrected chi connectivity index (χ0v) is 16.2. The summed E-state index contributed by atoms with van der Waals surface area (Å²) < 4.78 is 5.65. The summed E-state index contributed by atoms with van der Waals surface area (Å²) in [5.74, 6) is 0.183. The van der Waals surface area contributed by atoms with Crippen LogP contribution >= 0.6 is 11.3 Å². The first-order valence-corrected chi connectivity index (χ1v) is 9.91. The number of para-hydroxylation sites is 1. The summed E-state index contributed by atoms with van der Waals surface area (Å²) in [4.78, 5) is 28.2. The van der Waals surface area contributed by atoms with Crippen molar-refractivity contribution in [2.45, 2.75) is 13.0 Å². The maximum absolute atomic E-state index is 13.1. The van der Waals surface area contributed by atoms with Crippen LogP contribution in [0.4, 0.5) is 5.69 Å². The minimum atomic E-state index is -0.333. The lowest BCUT2D eigenvalue weighted by molar-refractivity contribution is -0.138. The van der Waals surface area contributed by atoms with E-state index in [1.165, 1.54) is 0 Å². The number of aryl methyl sites for hydroxylation is 1. The maximum atomic E-state index is 13.1. The zero-order valence-electron chi connectivity index (χ0n) is 15.4. The topological polar surface area (TPSA) is 58.6 Å². The molecule has 1 aliphatic rings. The Morgan fingerprint density at radius 1 is 1.18 bits per heavy atom. The minimum Gasteiger partial charge on any atom is -0.484 e. The summed E-state index contributed by atoms with van der Waals surface area (Å²) in [7, 11) is 0. The molecule has 1 unspecified atom stereocenters. The molecule has 28 heavy (non-hydrogen) atoms. The Morgan fingerprint density at radius 3 is 2.75 bits per heavy atom. The Morgan fingerprint density at radius 2 is 2.00 bits per heavy atom. The minimum absolute atomic E-state index is 0.0206. The molecular weight excluding hydrogens is 372 g/mol. The van der Waals surface area contributed by atoms with Crippen LogP contribution in [-0.4, -0.2) is 29.9 Å². The number of thiophene rings is 1. The maximum Gasteiger partial charge on any atom is 0.261 e. The molecule has 0 saturated carbocycles. The van der Waals surface area contributed by atoms with Gasteiger partial charge in [-0.25, -0.2) is 0 Å². The number of hydrogen-bond donors (Lipinski definition) is 1. The predicted octanol–water partition coefficient (Wildman–Crippen LogP) is 4.01. The van der Waals surface area contributed by atoms with Gasteiger partial charge in [0.2, 0.25) is 5.91 Å². The molecule has 4 rings (SSSR count). The van der Waals surface area contributed by atoms with Crippen LogP contribution in [-0.2, 0) is 9.59 Å². The molecule has 0 spiro atoms. The number of nitrogens with zero attached hydrogens (tertiary/aromatic N) is 1. The molecule has 142 valence electrons. The Labute approximate surface area is 167 Å². The van der Waals surface area contributed by atoms with Crippen molar-refractivity contribution in [3.05, 3.63) is 82.0 Å². The monoisotopic (exact) mass is 392 g/mol. The summed E-state index contributed by atoms with van der Waals surface area (Å²) in [6.45, 7) is 1.86. The number of carbonyl (C=O) groups is 2. The SMILES string of the molecule is Cc1ccc2c(c1)C(c1cccs1)N(C(=O)COc1ccccc1)CC(=O)N2. The summed E-state index contributed by atoms with van der Waals surface area (Å²) in [5.41, 5.74) is 2.74. The van der Waals surface area contributed by atoms with Gasteiger partial charge in [0.1, 0.15) is 12.3 Å². The van der Waals surface area contributed by atoms with Crippen LogP contribution in [0.5, 0.6) is 5.75 Å². The summed E-state index contributed by atoms with van der Waals surface area (Å²) >= 11 is 1.57. The van der Waals surface area contributed by atoms with Gasteiger partial charge in [-0.1, -0.05) is 42.0 Å². The molecule has 2 aromatic carbocycles. The van der Waals surface area contributed by atoms with Crippen molar-refractivity contribution >= 4 is 28.8 Å². The first-order chi connectivity index (χ1) is 13.6. The molecule has 0 saturated heterocycles. The van der Waals surface area contributed by atoms with Crippen molar-refractivity contribution < 1.29 is 14.3 Å². The second-order valence-electron chi connectivity index (χ2n) is 6.68. The van der Waals surface area contributed by atoms with E-state index in [2.05, 4.69) is 5.32 Å². The van der Waals surface area contributed by atoms with Crippen molar-refractivity contribution in [2.75, 3.05) is 18.5 Å². The van der Waals surface area contributed by atoms with E-state index < -0.39 is 0 Å². The summed E-state index contributed by atoms with van der Waals surface area (Å²) in [6, 6.07) is 18.7. The van der Waals surface area contributed by atoms with Crippen LogP contribution in [0.3, 0.4) is 0 Å². The van der Waals surface area contributed by atoms with E-state index >= 15 is 0 Å². The number of benzene rings is 2. The van der Waals surface area contributed by atoms with Gasteiger partial charge in [-0.05, 0) is 36.6 Å². The van der Waals surface area contributed by atoms with Gasteiger partial charge >= 0.3 is 0 Å². The van der Waals surface area contributed by atoms with Gasteiger partial charge in [0.05, 0.1) is 6.04 Å². The van der Waals surface area contributed by atoms with E-state index in [1.807, 2.05) is 60.8 Å². The first kappa shape index (κ1) is 18.3. The average Bonchev–Trinajstić information content (AvgIpc) is 3.18. The second-order valence-corrected chi connectivity index (χ2v) is 7.66. The molecular formula is C22H20N2O3S. The van der Waals surface area contributed by atoms with E-state index in [0.717, 1.165) is 21.7 Å². The van der Waals surface area contributed by atoms with Crippen molar-refractivity contribution in [1.29, 1.82) is 0 Å². The lowest BCUT2D eigenvalue weighted by Crippen LogP contribution is -2.41. The molecule has 0 fully saturated rings. The lowest BCUT2D eigenvalue weighted by atomic mass is 9.99. The number of amides is 2. The fourth-order valence-electron chi connectivity index (χ4n) is 3.36. The molecule has 0 bridgehead atoms. The van der Waals surface area contributed by atoms with Gasteiger partial charge in [-0.2, -0.15) is 0 Å². The first-order valence-electron chi connectivity index (χ1n) is 9.03. The van der Waals surface area contributed by atoms with E-state index in [4.69, 9.17) is 4.74 Å². The molecule has 1 N–H and O–H groups in total. The second kappa shape index (κ2) is 7.86. The fourth-order valence-corrected chi connectivity index (χ4v) is 4.21. The standard InChI is InChI=1S/C22H20N2O3S/c1-15-9-10-18-17(12-15)22(19-8-5-11-28-19)24(13-20(25)23-18)21(26)14-27-16-6-3-2-4-7-16/h2-12,22H,13-14H2,1H3,(H,23,25). The molecule has 1 atom stereocenters. The number of nitrogens with one attached hydrogen (secondary N) is 1. The van der Waals surface area contributed by atoms with Gasteiger partial charge in [-0.15, -0.1) is 11.3 Å². The Hall–Kier alpha value is -3.12.